The summed E-state index contributed by atoms with van der Waals surface area (Å²) in [4.78, 5) is 23.9. The van der Waals surface area contributed by atoms with Crippen LogP contribution in [0.4, 0.5) is 0 Å². The van der Waals surface area contributed by atoms with Gasteiger partial charge in [0.1, 0.15) is 0 Å². The lowest BCUT2D eigenvalue weighted by atomic mass is 10.0. The minimum absolute atomic E-state index is 0.329. The molecule has 0 atom stereocenters. The molecule has 0 aromatic carbocycles. The van der Waals surface area contributed by atoms with Gasteiger partial charge in [-0.05, 0) is 38.5 Å². The van der Waals surface area contributed by atoms with Gasteiger partial charge in [0, 0.05) is 12.8 Å². The molecule has 0 radical (unpaired) electrons. The Bertz CT molecular complexity index is 597. The maximum absolute atomic E-state index is 11.9. The van der Waals surface area contributed by atoms with Crippen molar-refractivity contribution in [2.45, 2.75) is 232 Å². The normalized spacial score (nSPS) is 11.5. The van der Waals surface area contributed by atoms with Gasteiger partial charge in [-0.3, -0.25) is 9.59 Å². The van der Waals surface area contributed by atoms with Crippen LogP contribution in [0.3, 0.4) is 0 Å². The van der Waals surface area contributed by atoms with E-state index in [0.717, 1.165) is 32.1 Å². The molecule has 0 saturated carbocycles. The summed E-state index contributed by atoms with van der Waals surface area (Å²) in [5.41, 5.74) is 0. The van der Waals surface area contributed by atoms with Crippen molar-refractivity contribution in [3.05, 3.63) is 12.2 Å². The Morgan fingerprint density at radius 2 is 0.581 bits per heavy atom. The largest absolute Gasteiger partial charge is 0.393 e. The maximum Gasteiger partial charge on any atom is 0.313 e. The lowest BCUT2D eigenvalue weighted by molar-refractivity contribution is -0.159. The van der Waals surface area contributed by atoms with Crippen LogP contribution in [0.2, 0.25) is 0 Å². The highest BCUT2D eigenvalue weighted by atomic mass is 16.6. The van der Waals surface area contributed by atoms with Gasteiger partial charge in [-0.2, -0.15) is 0 Å². The van der Waals surface area contributed by atoms with Crippen LogP contribution in [0.1, 0.15) is 232 Å². The van der Waals surface area contributed by atoms with Gasteiger partial charge >= 0.3 is 11.9 Å². The molecule has 0 N–H and O–H groups in total. The number of esters is 2. The number of hydrogen-bond acceptors (Lipinski definition) is 3. The van der Waals surface area contributed by atoms with Gasteiger partial charge in [0.25, 0.3) is 0 Å². The second-order valence-electron chi connectivity index (χ2n) is 13.3. The predicted molar refractivity (Wildman–Crippen MR) is 189 cm³/mol. The molecule has 0 saturated heterocycles. The van der Waals surface area contributed by atoms with Crippen molar-refractivity contribution in [3.8, 4) is 0 Å². The Morgan fingerprint density at radius 1 is 0.349 bits per heavy atom. The van der Waals surface area contributed by atoms with E-state index in [0.29, 0.717) is 12.8 Å². The number of carbonyl (C=O) groups is 2. The molecule has 0 aliphatic carbocycles. The number of carbonyl (C=O) groups excluding carboxylic acids is 2. The van der Waals surface area contributed by atoms with Crippen molar-refractivity contribution >= 4 is 11.9 Å². The van der Waals surface area contributed by atoms with Gasteiger partial charge in [0.15, 0.2) is 0 Å². The Hall–Kier alpha value is -1.12. The average Bonchev–Trinajstić information content (AvgIpc) is 3.00. The van der Waals surface area contributed by atoms with Gasteiger partial charge in [0.05, 0.1) is 0 Å². The molecule has 3 nitrogen and oxygen atoms in total. The maximum atomic E-state index is 11.9. The molecular weight excluding hydrogens is 528 g/mol. The first-order valence-corrected chi connectivity index (χ1v) is 19.6. The molecule has 0 aromatic heterocycles. The van der Waals surface area contributed by atoms with Crippen LogP contribution in [0.25, 0.3) is 0 Å². The van der Waals surface area contributed by atoms with E-state index in [1.54, 1.807) is 0 Å². The molecule has 0 heterocycles. The van der Waals surface area contributed by atoms with E-state index in [2.05, 4.69) is 26.0 Å². The van der Waals surface area contributed by atoms with Crippen molar-refractivity contribution in [1.29, 1.82) is 0 Å². The number of ether oxygens (including phenoxy) is 1. The predicted octanol–water partition coefficient (Wildman–Crippen LogP) is 13.9. The van der Waals surface area contributed by atoms with Gasteiger partial charge in [-0.1, -0.05) is 193 Å². The highest BCUT2D eigenvalue weighted by Crippen LogP contribution is 2.15. The molecular formula is C40H76O3. The fourth-order valence-electron chi connectivity index (χ4n) is 5.92. The molecule has 43 heavy (non-hydrogen) atoms. The monoisotopic (exact) mass is 605 g/mol. The van der Waals surface area contributed by atoms with Gasteiger partial charge in [-0.15, -0.1) is 0 Å². The summed E-state index contributed by atoms with van der Waals surface area (Å²) in [6.45, 7) is 4.55. The van der Waals surface area contributed by atoms with Gasteiger partial charge in [-0.25, -0.2) is 0 Å². The second kappa shape index (κ2) is 37.1. The zero-order chi connectivity index (χ0) is 31.3. The smallest absolute Gasteiger partial charge is 0.313 e. The van der Waals surface area contributed by atoms with Crippen LogP contribution in [0, 0.1) is 0 Å². The second-order valence-corrected chi connectivity index (χ2v) is 13.3. The number of rotatable bonds is 35. The zero-order valence-electron chi connectivity index (χ0n) is 29.4. The summed E-state index contributed by atoms with van der Waals surface area (Å²) in [6.07, 6.45) is 47.0. The Balaban J connectivity index is 3.30. The molecule has 254 valence electrons. The van der Waals surface area contributed by atoms with Gasteiger partial charge < -0.3 is 4.74 Å². The zero-order valence-corrected chi connectivity index (χ0v) is 29.4. The van der Waals surface area contributed by atoms with Crippen molar-refractivity contribution in [1.82, 2.24) is 0 Å². The fraction of sp³-hybridized carbons (Fsp3) is 0.900. The summed E-state index contributed by atoms with van der Waals surface area (Å²) in [5.74, 6) is -0.662. The third-order valence-corrected chi connectivity index (χ3v) is 8.85. The molecule has 0 aromatic rings. The van der Waals surface area contributed by atoms with Crippen LogP contribution in [0.5, 0.6) is 0 Å². The van der Waals surface area contributed by atoms with E-state index in [9.17, 15) is 9.59 Å². The quantitative estimate of drug-likeness (QED) is 0.0313. The standard InChI is InChI=1S/C40H76O3/c1-3-5-7-9-11-13-15-17-19-20-21-22-24-26-28-30-32-34-36-38-40(42)43-39(41)37-35-33-31-29-27-25-23-18-16-14-12-10-8-6-4-2/h18,23H,3-17,19-22,24-38H2,1-2H3. The van der Waals surface area contributed by atoms with Gasteiger partial charge in [0.2, 0.25) is 0 Å². The third kappa shape index (κ3) is 37.0. The highest BCUT2D eigenvalue weighted by molar-refractivity contribution is 5.85. The molecule has 0 unspecified atom stereocenters. The molecule has 0 spiro atoms. The van der Waals surface area contributed by atoms with Crippen LogP contribution in [0.15, 0.2) is 12.2 Å². The van der Waals surface area contributed by atoms with Crippen molar-refractivity contribution in [2.75, 3.05) is 0 Å². The fourth-order valence-corrected chi connectivity index (χ4v) is 5.92. The van der Waals surface area contributed by atoms with Crippen LogP contribution < -0.4 is 0 Å². The molecule has 0 rings (SSSR count). The van der Waals surface area contributed by atoms with Crippen LogP contribution in [-0.4, -0.2) is 11.9 Å². The summed E-state index contributed by atoms with van der Waals surface area (Å²) < 4.78 is 5.02. The van der Waals surface area contributed by atoms with Crippen molar-refractivity contribution in [2.24, 2.45) is 0 Å². The lowest BCUT2D eigenvalue weighted by Crippen LogP contribution is -2.11. The van der Waals surface area contributed by atoms with E-state index in [4.69, 9.17) is 4.74 Å². The molecule has 0 aliphatic rings. The molecule has 0 fully saturated rings. The number of unbranched alkanes of at least 4 members (excludes halogenated alkanes) is 29. The van der Waals surface area contributed by atoms with Crippen molar-refractivity contribution < 1.29 is 14.3 Å². The Morgan fingerprint density at radius 3 is 0.860 bits per heavy atom. The summed E-state index contributed by atoms with van der Waals surface area (Å²) >= 11 is 0. The lowest BCUT2D eigenvalue weighted by Gasteiger charge is -2.05. The topological polar surface area (TPSA) is 43.4 Å². The summed E-state index contributed by atoms with van der Waals surface area (Å²) in [6, 6.07) is 0. The SMILES string of the molecule is CCCCCCCCC=CCCCCCCCC(=O)OC(=O)CCCCCCCCCCCCCCCCCCCCC. The Labute approximate surface area is 270 Å². The molecule has 0 aliphatic heterocycles. The summed E-state index contributed by atoms with van der Waals surface area (Å²) in [7, 11) is 0. The molecule has 0 amide bonds. The number of hydrogen-bond donors (Lipinski definition) is 0. The minimum Gasteiger partial charge on any atom is -0.393 e. The average molecular weight is 605 g/mol. The van der Waals surface area contributed by atoms with Crippen LogP contribution in [-0.2, 0) is 14.3 Å². The first kappa shape index (κ1) is 41.9. The van der Waals surface area contributed by atoms with E-state index >= 15 is 0 Å². The summed E-state index contributed by atoms with van der Waals surface area (Å²) in [5, 5.41) is 0. The third-order valence-electron chi connectivity index (χ3n) is 8.85. The van der Waals surface area contributed by atoms with Crippen LogP contribution >= 0.6 is 0 Å². The molecule has 0 bridgehead atoms. The Kier molecular flexibility index (Phi) is 36.1. The number of allylic oxidation sites excluding steroid dienone is 2. The van der Waals surface area contributed by atoms with E-state index in [1.165, 1.54) is 173 Å². The van der Waals surface area contributed by atoms with E-state index < -0.39 is 0 Å². The van der Waals surface area contributed by atoms with E-state index in [1.807, 2.05) is 0 Å². The first-order valence-electron chi connectivity index (χ1n) is 19.6. The van der Waals surface area contributed by atoms with E-state index in [-0.39, 0.29) is 11.9 Å². The highest BCUT2D eigenvalue weighted by Gasteiger charge is 2.09. The molecule has 3 heteroatoms. The minimum atomic E-state index is -0.333. The van der Waals surface area contributed by atoms with Crippen molar-refractivity contribution in [3.63, 3.8) is 0 Å². The first-order chi connectivity index (χ1) is 21.2.